The Bertz CT molecular complexity index is 1400. The SMILES string of the molecule is COc1ccc(C(=O)C/C(=N\N(C(=O)c2ccc(OC)cc2)c2ccccc2)c2ccc(OC)cc2)cc1. The van der Waals surface area contributed by atoms with Gasteiger partial charge in [-0.3, -0.25) is 9.59 Å². The van der Waals surface area contributed by atoms with Crippen molar-refractivity contribution < 1.29 is 23.8 Å². The molecular formula is C31H28N2O5. The van der Waals surface area contributed by atoms with Crippen molar-refractivity contribution in [2.75, 3.05) is 26.3 Å². The molecule has 0 radical (unpaired) electrons. The van der Waals surface area contributed by atoms with Gasteiger partial charge in [0.05, 0.1) is 39.1 Å². The summed E-state index contributed by atoms with van der Waals surface area (Å²) in [5.41, 5.74) is 2.63. The number of hydrogen-bond acceptors (Lipinski definition) is 6. The van der Waals surface area contributed by atoms with Crippen LogP contribution in [0.5, 0.6) is 17.2 Å². The molecule has 0 bridgehead atoms. The van der Waals surface area contributed by atoms with Crippen molar-refractivity contribution in [2.45, 2.75) is 6.42 Å². The fourth-order valence-electron chi connectivity index (χ4n) is 3.78. The molecule has 4 aromatic carbocycles. The molecule has 0 spiro atoms. The number of benzene rings is 4. The normalized spacial score (nSPS) is 11.0. The highest BCUT2D eigenvalue weighted by Crippen LogP contribution is 2.23. The summed E-state index contributed by atoms with van der Waals surface area (Å²) in [5, 5.41) is 6.10. The van der Waals surface area contributed by atoms with Gasteiger partial charge < -0.3 is 14.2 Å². The minimum Gasteiger partial charge on any atom is -0.497 e. The lowest BCUT2D eigenvalue weighted by Crippen LogP contribution is -2.28. The quantitative estimate of drug-likeness (QED) is 0.148. The van der Waals surface area contributed by atoms with Crippen LogP contribution in [0.4, 0.5) is 5.69 Å². The maximum Gasteiger partial charge on any atom is 0.278 e. The van der Waals surface area contributed by atoms with E-state index in [2.05, 4.69) is 0 Å². The van der Waals surface area contributed by atoms with Gasteiger partial charge in [-0.2, -0.15) is 10.1 Å². The molecule has 0 aliphatic rings. The Morgan fingerprint density at radius 2 is 1.05 bits per heavy atom. The first-order chi connectivity index (χ1) is 18.5. The number of hydrogen-bond donors (Lipinski definition) is 0. The molecule has 0 fully saturated rings. The molecule has 0 N–H and O–H groups in total. The highest BCUT2D eigenvalue weighted by molar-refractivity contribution is 6.17. The smallest absolute Gasteiger partial charge is 0.278 e. The van der Waals surface area contributed by atoms with Crippen LogP contribution in [0.15, 0.2) is 108 Å². The third-order valence-electron chi connectivity index (χ3n) is 5.91. The fraction of sp³-hybridized carbons (Fsp3) is 0.129. The maximum absolute atomic E-state index is 13.7. The molecule has 4 rings (SSSR count). The zero-order valence-corrected chi connectivity index (χ0v) is 21.5. The Labute approximate surface area is 221 Å². The van der Waals surface area contributed by atoms with Gasteiger partial charge in [-0.25, -0.2) is 0 Å². The van der Waals surface area contributed by atoms with E-state index in [1.807, 2.05) is 30.3 Å². The second-order valence-corrected chi connectivity index (χ2v) is 8.28. The number of methoxy groups -OCH3 is 3. The minimum atomic E-state index is -0.346. The van der Waals surface area contributed by atoms with Crippen LogP contribution in [0.3, 0.4) is 0 Å². The molecule has 192 valence electrons. The molecule has 0 unspecified atom stereocenters. The van der Waals surface area contributed by atoms with Crippen molar-refractivity contribution in [2.24, 2.45) is 5.10 Å². The monoisotopic (exact) mass is 508 g/mol. The highest BCUT2D eigenvalue weighted by atomic mass is 16.5. The average molecular weight is 509 g/mol. The topological polar surface area (TPSA) is 77.4 Å². The third kappa shape index (κ3) is 6.25. The molecule has 0 saturated heterocycles. The van der Waals surface area contributed by atoms with E-state index in [4.69, 9.17) is 19.3 Å². The van der Waals surface area contributed by atoms with Crippen LogP contribution in [-0.4, -0.2) is 38.7 Å². The van der Waals surface area contributed by atoms with Crippen LogP contribution in [0.1, 0.15) is 32.7 Å². The van der Waals surface area contributed by atoms with E-state index in [1.165, 1.54) is 5.01 Å². The minimum absolute atomic E-state index is 0.0299. The van der Waals surface area contributed by atoms with E-state index in [1.54, 1.807) is 94.1 Å². The van der Waals surface area contributed by atoms with Crippen molar-refractivity contribution >= 4 is 23.1 Å². The average Bonchev–Trinajstić information content (AvgIpc) is 2.99. The second-order valence-electron chi connectivity index (χ2n) is 8.28. The predicted molar refractivity (Wildman–Crippen MR) is 148 cm³/mol. The molecule has 0 atom stereocenters. The maximum atomic E-state index is 13.7. The molecule has 4 aromatic rings. The highest BCUT2D eigenvalue weighted by Gasteiger charge is 2.21. The van der Waals surface area contributed by atoms with Gasteiger partial charge in [0.25, 0.3) is 5.91 Å². The van der Waals surface area contributed by atoms with Gasteiger partial charge in [0.15, 0.2) is 5.78 Å². The van der Waals surface area contributed by atoms with Crippen LogP contribution >= 0.6 is 0 Å². The predicted octanol–water partition coefficient (Wildman–Crippen LogP) is 6.04. The van der Waals surface area contributed by atoms with Gasteiger partial charge in [0.2, 0.25) is 0 Å². The van der Waals surface area contributed by atoms with E-state index in [0.717, 1.165) is 0 Å². The second kappa shape index (κ2) is 12.4. The zero-order chi connectivity index (χ0) is 26.9. The number of carbonyl (C=O) groups excluding carboxylic acids is 2. The van der Waals surface area contributed by atoms with E-state index in [9.17, 15) is 9.59 Å². The number of anilines is 1. The lowest BCUT2D eigenvalue weighted by atomic mass is 10.0. The molecule has 38 heavy (non-hydrogen) atoms. The fourth-order valence-corrected chi connectivity index (χ4v) is 3.78. The number of amides is 1. The summed E-state index contributed by atoms with van der Waals surface area (Å²) in [5.74, 6) is 1.48. The van der Waals surface area contributed by atoms with E-state index >= 15 is 0 Å². The Morgan fingerprint density at radius 1 is 0.605 bits per heavy atom. The Balaban J connectivity index is 1.77. The molecule has 0 aliphatic carbocycles. The Kier molecular flexibility index (Phi) is 8.51. The first-order valence-corrected chi connectivity index (χ1v) is 11.9. The van der Waals surface area contributed by atoms with Crippen molar-refractivity contribution in [1.82, 2.24) is 0 Å². The number of Topliss-reactive ketones (excluding diaryl/α,β-unsaturated/α-hetero) is 1. The molecule has 0 saturated carbocycles. The zero-order valence-electron chi connectivity index (χ0n) is 21.5. The van der Waals surface area contributed by atoms with Gasteiger partial charge in [0.1, 0.15) is 17.2 Å². The molecular weight excluding hydrogens is 480 g/mol. The van der Waals surface area contributed by atoms with Crippen LogP contribution < -0.4 is 19.2 Å². The van der Waals surface area contributed by atoms with E-state index in [0.29, 0.717) is 45.3 Å². The van der Waals surface area contributed by atoms with Gasteiger partial charge in [0, 0.05) is 11.1 Å². The lowest BCUT2D eigenvalue weighted by Gasteiger charge is -2.20. The molecule has 0 aliphatic heterocycles. The third-order valence-corrected chi connectivity index (χ3v) is 5.91. The van der Waals surface area contributed by atoms with Gasteiger partial charge >= 0.3 is 0 Å². The first-order valence-electron chi connectivity index (χ1n) is 11.9. The summed E-state index contributed by atoms with van der Waals surface area (Å²) >= 11 is 0. The molecule has 7 heteroatoms. The molecule has 7 nitrogen and oxygen atoms in total. The number of ketones is 1. The first kappa shape index (κ1) is 26.2. The van der Waals surface area contributed by atoms with Crippen LogP contribution in [0.2, 0.25) is 0 Å². The van der Waals surface area contributed by atoms with Gasteiger partial charge in [-0.15, -0.1) is 0 Å². The Morgan fingerprint density at radius 3 is 1.53 bits per heavy atom. The van der Waals surface area contributed by atoms with Crippen molar-refractivity contribution in [3.63, 3.8) is 0 Å². The standard InChI is InChI=1S/C31H28N2O5/c1-36-26-15-9-22(10-16-26)29(21-30(34)23-11-17-27(37-2)18-12-23)32-33(25-7-5-4-6-8-25)31(35)24-13-19-28(38-3)20-14-24/h4-20H,21H2,1-3H3/b32-29+. The number of rotatable bonds is 10. The molecule has 0 heterocycles. The van der Waals surface area contributed by atoms with Gasteiger partial charge in [-0.1, -0.05) is 18.2 Å². The van der Waals surface area contributed by atoms with E-state index in [-0.39, 0.29) is 18.1 Å². The van der Waals surface area contributed by atoms with Crippen LogP contribution in [0, 0.1) is 0 Å². The number of hydrazone groups is 1. The summed E-state index contributed by atoms with van der Waals surface area (Å²) in [4.78, 5) is 27.0. The summed E-state index contributed by atoms with van der Waals surface area (Å²) in [7, 11) is 4.73. The van der Waals surface area contributed by atoms with E-state index < -0.39 is 0 Å². The van der Waals surface area contributed by atoms with Crippen molar-refractivity contribution in [3.8, 4) is 17.2 Å². The van der Waals surface area contributed by atoms with Crippen molar-refractivity contribution in [1.29, 1.82) is 0 Å². The van der Waals surface area contributed by atoms with Gasteiger partial charge in [-0.05, 0) is 90.5 Å². The summed E-state index contributed by atoms with van der Waals surface area (Å²) in [6.45, 7) is 0. The number of carbonyl (C=O) groups is 2. The lowest BCUT2D eigenvalue weighted by molar-refractivity contribution is 0.0980. The van der Waals surface area contributed by atoms with Crippen molar-refractivity contribution in [3.05, 3.63) is 120 Å². The largest absolute Gasteiger partial charge is 0.497 e. The number of para-hydroxylation sites is 1. The summed E-state index contributed by atoms with van der Waals surface area (Å²) < 4.78 is 15.7. The summed E-state index contributed by atoms with van der Waals surface area (Å²) in [6.07, 6.45) is -0.0299. The molecule has 1 amide bonds. The number of nitrogens with zero attached hydrogens (tertiary/aromatic N) is 2. The molecule has 0 aromatic heterocycles. The summed E-state index contributed by atoms with van der Waals surface area (Å²) in [6, 6.07) is 30.0. The van der Waals surface area contributed by atoms with Crippen LogP contribution in [0.25, 0.3) is 0 Å². The Hall–Kier alpha value is -4.91. The van der Waals surface area contributed by atoms with Crippen LogP contribution in [-0.2, 0) is 0 Å². The number of ether oxygens (including phenoxy) is 3.